The molecule has 1 aliphatic carbocycles. The molecule has 2 atom stereocenters. The van der Waals surface area contributed by atoms with Crippen molar-refractivity contribution in [3.63, 3.8) is 0 Å². The first kappa shape index (κ1) is 18.7. The molecule has 146 valence electrons. The number of aliphatic hydroxyl groups is 1. The molecule has 2 amide bonds. The highest BCUT2D eigenvalue weighted by Crippen LogP contribution is 2.54. The maximum Gasteiger partial charge on any atom is 0.246 e. The molecule has 4 rings (SSSR count). The topological polar surface area (TPSA) is 60.9 Å². The minimum absolute atomic E-state index is 0.0318. The van der Waals surface area contributed by atoms with Crippen LogP contribution in [0.5, 0.6) is 0 Å². The van der Waals surface area contributed by atoms with Gasteiger partial charge >= 0.3 is 0 Å². The highest BCUT2D eigenvalue weighted by Gasteiger charge is 2.57. The zero-order chi connectivity index (χ0) is 19.2. The highest BCUT2D eigenvalue weighted by atomic mass is 32.2. The van der Waals surface area contributed by atoms with Crippen molar-refractivity contribution in [2.75, 3.05) is 19.3 Å². The molecule has 5 nitrogen and oxygen atoms in total. The summed E-state index contributed by atoms with van der Waals surface area (Å²) >= 11 is 1.59. The monoisotopic (exact) mass is 392 g/mol. The quantitative estimate of drug-likeness (QED) is 0.855. The van der Waals surface area contributed by atoms with Crippen LogP contribution in [0.2, 0.25) is 0 Å². The summed E-state index contributed by atoms with van der Waals surface area (Å²) in [6, 6.07) is 5.70. The highest BCUT2D eigenvalue weighted by molar-refractivity contribution is 8.00. The molecule has 2 aliphatic heterocycles. The van der Waals surface area contributed by atoms with Gasteiger partial charge in [0.25, 0.3) is 0 Å². The second-order valence-corrected chi connectivity index (χ2v) is 9.30. The Hall–Kier alpha value is -1.60. The normalized spacial score (nSPS) is 29.2. The fourth-order valence-electron chi connectivity index (χ4n) is 4.80. The van der Waals surface area contributed by atoms with Crippen LogP contribution in [0.15, 0.2) is 24.3 Å². The number of hydrogen-bond acceptors (Lipinski definition) is 4. The first-order valence-corrected chi connectivity index (χ1v) is 10.5. The van der Waals surface area contributed by atoms with Gasteiger partial charge < -0.3 is 14.9 Å². The van der Waals surface area contributed by atoms with Gasteiger partial charge in [-0.2, -0.15) is 0 Å². The van der Waals surface area contributed by atoms with Crippen LogP contribution in [0.4, 0.5) is 4.39 Å². The number of nitrogens with zero attached hydrogens (tertiary/aromatic N) is 2. The number of amides is 2. The number of thioether (sulfide) groups is 1. The lowest BCUT2D eigenvalue weighted by atomic mass is 10.0. The molecule has 0 radical (unpaired) electrons. The van der Waals surface area contributed by atoms with Crippen LogP contribution in [0.25, 0.3) is 0 Å². The fraction of sp³-hybridized carbons (Fsp3) is 0.600. The van der Waals surface area contributed by atoms with Crippen LogP contribution in [0.3, 0.4) is 0 Å². The van der Waals surface area contributed by atoms with E-state index in [0.29, 0.717) is 38.0 Å². The average molecular weight is 392 g/mol. The van der Waals surface area contributed by atoms with Gasteiger partial charge in [0, 0.05) is 25.8 Å². The minimum atomic E-state index is -0.806. The molecule has 3 fully saturated rings. The Morgan fingerprint density at radius 2 is 1.96 bits per heavy atom. The molecule has 0 spiro atoms. The zero-order valence-electron chi connectivity index (χ0n) is 15.5. The van der Waals surface area contributed by atoms with E-state index in [2.05, 4.69) is 0 Å². The third-order valence-electron chi connectivity index (χ3n) is 6.15. The maximum atomic E-state index is 13.4. The molecule has 1 saturated carbocycles. The van der Waals surface area contributed by atoms with Gasteiger partial charge in [-0.1, -0.05) is 25.0 Å². The third-order valence-corrected chi connectivity index (χ3v) is 7.75. The van der Waals surface area contributed by atoms with Gasteiger partial charge in [-0.05, 0) is 37.0 Å². The minimum Gasteiger partial charge on any atom is -0.388 e. The van der Waals surface area contributed by atoms with Gasteiger partial charge in [0.1, 0.15) is 16.7 Å². The summed E-state index contributed by atoms with van der Waals surface area (Å²) in [6.07, 6.45) is 4.41. The van der Waals surface area contributed by atoms with Gasteiger partial charge in [0.2, 0.25) is 11.8 Å². The Labute approximate surface area is 162 Å². The predicted molar refractivity (Wildman–Crippen MR) is 101 cm³/mol. The number of carbonyl (C=O) groups excluding carboxylic acids is 2. The molecule has 2 saturated heterocycles. The van der Waals surface area contributed by atoms with Gasteiger partial charge in [0.15, 0.2) is 0 Å². The van der Waals surface area contributed by atoms with Crippen molar-refractivity contribution < 1.29 is 19.1 Å². The predicted octanol–water partition coefficient (Wildman–Crippen LogP) is 2.48. The lowest BCUT2D eigenvalue weighted by Gasteiger charge is -2.36. The van der Waals surface area contributed by atoms with Gasteiger partial charge in [-0.25, -0.2) is 4.39 Å². The van der Waals surface area contributed by atoms with Crippen LogP contribution in [0.1, 0.15) is 44.1 Å². The van der Waals surface area contributed by atoms with Crippen LogP contribution >= 0.6 is 11.8 Å². The van der Waals surface area contributed by atoms with E-state index >= 15 is 0 Å². The first-order chi connectivity index (χ1) is 12.8. The van der Waals surface area contributed by atoms with Crippen LogP contribution in [-0.4, -0.2) is 57.7 Å². The SMILES string of the molecule is CN(CC1(O)CCCC1)C(=O)C1CSC2(c3ccc(F)cc3)CCC(=O)N12. The fourth-order valence-corrected chi connectivity index (χ4v) is 6.44. The molecule has 2 heterocycles. The van der Waals surface area contributed by atoms with E-state index < -0.39 is 16.5 Å². The summed E-state index contributed by atoms with van der Waals surface area (Å²) in [5.41, 5.74) is 0.0614. The largest absolute Gasteiger partial charge is 0.388 e. The standard InChI is InChI=1S/C20H25FN2O3S/c1-22(13-19(26)9-2-3-10-19)18(25)16-12-27-20(11-8-17(24)23(16)20)14-4-6-15(21)7-5-14/h4-7,16,26H,2-3,8-13H2,1H3. The number of benzene rings is 1. The molecule has 1 aromatic carbocycles. The van der Waals surface area contributed by atoms with Crippen LogP contribution < -0.4 is 0 Å². The Balaban J connectivity index is 1.56. The summed E-state index contributed by atoms with van der Waals surface area (Å²) in [4.78, 5) is 28.5. The van der Waals surface area contributed by atoms with E-state index in [1.807, 2.05) is 0 Å². The number of carbonyl (C=O) groups is 2. The molecule has 27 heavy (non-hydrogen) atoms. The van der Waals surface area contributed by atoms with E-state index in [-0.39, 0.29) is 17.6 Å². The molecule has 3 aliphatic rings. The molecule has 1 N–H and O–H groups in total. The average Bonchev–Trinajstić information content (AvgIpc) is 3.32. The summed E-state index contributed by atoms with van der Waals surface area (Å²) in [5, 5.41) is 10.6. The van der Waals surface area contributed by atoms with Gasteiger partial charge in [-0.15, -0.1) is 11.8 Å². The van der Waals surface area contributed by atoms with E-state index in [1.165, 1.54) is 12.1 Å². The lowest BCUT2D eigenvalue weighted by molar-refractivity contribution is -0.145. The number of rotatable bonds is 4. The smallest absolute Gasteiger partial charge is 0.246 e. The van der Waals surface area contributed by atoms with E-state index in [1.54, 1.807) is 40.7 Å². The van der Waals surface area contributed by atoms with Gasteiger partial charge in [-0.3, -0.25) is 9.59 Å². The Morgan fingerprint density at radius 1 is 1.30 bits per heavy atom. The van der Waals surface area contributed by atoms with Crippen molar-refractivity contribution in [2.45, 2.75) is 55.0 Å². The number of hydrogen-bond donors (Lipinski definition) is 1. The van der Waals surface area contributed by atoms with Gasteiger partial charge in [0.05, 0.1) is 5.60 Å². The lowest BCUT2D eigenvalue weighted by Crippen LogP contribution is -2.53. The summed E-state index contributed by atoms with van der Waals surface area (Å²) in [5.74, 6) is 0.0500. The summed E-state index contributed by atoms with van der Waals surface area (Å²) in [7, 11) is 1.71. The van der Waals surface area contributed by atoms with E-state index in [9.17, 15) is 19.1 Å². The molecular weight excluding hydrogens is 367 g/mol. The number of fused-ring (bicyclic) bond motifs is 1. The van der Waals surface area contributed by atoms with Crippen LogP contribution in [-0.2, 0) is 14.5 Å². The second-order valence-electron chi connectivity index (χ2n) is 8.01. The molecular formula is C20H25FN2O3S. The Kier molecular flexibility index (Phi) is 4.71. The molecule has 0 aromatic heterocycles. The van der Waals surface area contributed by atoms with Crippen molar-refractivity contribution >= 4 is 23.6 Å². The first-order valence-electron chi connectivity index (χ1n) is 9.54. The number of likely N-dealkylation sites (N-methyl/N-ethyl adjacent to an activating group) is 1. The molecule has 0 bridgehead atoms. The maximum absolute atomic E-state index is 13.4. The van der Waals surface area contributed by atoms with Crippen molar-refractivity contribution in [1.29, 1.82) is 0 Å². The zero-order valence-corrected chi connectivity index (χ0v) is 16.3. The van der Waals surface area contributed by atoms with Crippen molar-refractivity contribution in [1.82, 2.24) is 9.80 Å². The van der Waals surface area contributed by atoms with Crippen molar-refractivity contribution in [3.8, 4) is 0 Å². The molecule has 2 unspecified atom stereocenters. The van der Waals surface area contributed by atoms with E-state index in [0.717, 1.165) is 18.4 Å². The summed E-state index contributed by atoms with van der Waals surface area (Å²) in [6.45, 7) is 0.304. The second kappa shape index (κ2) is 6.78. The molecule has 1 aromatic rings. The Morgan fingerprint density at radius 3 is 2.63 bits per heavy atom. The third kappa shape index (κ3) is 3.14. The van der Waals surface area contributed by atoms with E-state index in [4.69, 9.17) is 0 Å². The summed E-state index contributed by atoms with van der Waals surface area (Å²) < 4.78 is 13.4. The number of halogens is 1. The Bertz CT molecular complexity index is 750. The molecule has 7 heteroatoms. The van der Waals surface area contributed by atoms with Crippen molar-refractivity contribution in [2.24, 2.45) is 0 Å². The van der Waals surface area contributed by atoms with Crippen LogP contribution in [0, 0.1) is 5.82 Å². The van der Waals surface area contributed by atoms with Crippen molar-refractivity contribution in [3.05, 3.63) is 35.6 Å².